The maximum atomic E-state index is 12.3. The minimum atomic E-state index is 0.0282. The fraction of sp³-hybridized carbons (Fsp3) is 0.458. The minimum Gasteiger partial charge on any atom is -0.496 e. The highest BCUT2D eigenvalue weighted by molar-refractivity contribution is 5.79. The van der Waals surface area contributed by atoms with Crippen molar-refractivity contribution in [1.82, 2.24) is 10.6 Å². The average Bonchev–Trinajstić information content (AvgIpc) is 3.28. The van der Waals surface area contributed by atoms with E-state index in [4.69, 9.17) is 4.74 Å². The van der Waals surface area contributed by atoms with Crippen LogP contribution in [0.15, 0.2) is 48.5 Å². The first-order chi connectivity index (χ1) is 14.2. The lowest BCUT2D eigenvalue weighted by Gasteiger charge is -2.46. The molecule has 3 N–H and O–H groups in total. The number of benzene rings is 2. The van der Waals surface area contributed by atoms with Gasteiger partial charge < -0.3 is 20.5 Å². The third-order valence-corrected chi connectivity index (χ3v) is 6.43. The Balaban J connectivity index is 1.44. The fourth-order valence-corrected chi connectivity index (χ4v) is 4.77. The number of amides is 1. The van der Waals surface area contributed by atoms with Gasteiger partial charge in [0.2, 0.25) is 5.91 Å². The Labute approximate surface area is 172 Å². The summed E-state index contributed by atoms with van der Waals surface area (Å²) in [5, 5.41) is 16.2. The molecule has 5 nitrogen and oxygen atoms in total. The molecule has 0 aromatic heterocycles. The van der Waals surface area contributed by atoms with E-state index in [0.717, 1.165) is 42.6 Å². The summed E-state index contributed by atoms with van der Waals surface area (Å²) in [4.78, 5) is 12.3. The molecule has 0 unspecified atom stereocenters. The van der Waals surface area contributed by atoms with Gasteiger partial charge in [-0.2, -0.15) is 0 Å². The molecule has 1 saturated heterocycles. The van der Waals surface area contributed by atoms with Crippen LogP contribution in [0.3, 0.4) is 0 Å². The van der Waals surface area contributed by atoms with Crippen molar-refractivity contribution in [2.75, 3.05) is 20.3 Å². The molecule has 154 valence electrons. The molecule has 2 fully saturated rings. The van der Waals surface area contributed by atoms with Gasteiger partial charge in [-0.05, 0) is 30.0 Å². The molecule has 2 aromatic rings. The van der Waals surface area contributed by atoms with Crippen LogP contribution in [0.5, 0.6) is 5.75 Å². The van der Waals surface area contributed by atoms with E-state index in [-0.39, 0.29) is 36.4 Å². The quantitative estimate of drug-likeness (QED) is 0.675. The van der Waals surface area contributed by atoms with Crippen molar-refractivity contribution in [1.29, 1.82) is 0 Å². The summed E-state index contributed by atoms with van der Waals surface area (Å²) in [5.41, 5.74) is 3.35. The Morgan fingerprint density at radius 1 is 1.10 bits per heavy atom. The van der Waals surface area contributed by atoms with E-state index in [2.05, 4.69) is 41.0 Å². The van der Waals surface area contributed by atoms with Crippen LogP contribution < -0.4 is 15.4 Å². The molecule has 1 heterocycles. The number of hydrogen-bond donors (Lipinski definition) is 3. The number of ether oxygens (including phenoxy) is 1. The predicted molar refractivity (Wildman–Crippen MR) is 114 cm³/mol. The first-order valence-electron chi connectivity index (χ1n) is 10.6. The highest BCUT2D eigenvalue weighted by atomic mass is 16.5. The van der Waals surface area contributed by atoms with Crippen molar-refractivity contribution in [2.24, 2.45) is 5.92 Å². The van der Waals surface area contributed by atoms with Crippen molar-refractivity contribution in [2.45, 2.75) is 43.7 Å². The van der Waals surface area contributed by atoms with E-state index in [0.29, 0.717) is 6.54 Å². The van der Waals surface area contributed by atoms with Crippen molar-refractivity contribution in [3.05, 3.63) is 54.1 Å². The number of carbonyl (C=O) groups excluding carboxylic acids is 1. The molecule has 4 rings (SSSR count). The third kappa shape index (κ3) is 4.16. The van der Waals surface area contributed by atoms with Crippen LogP contribution >= 0.6 is 0 Å². The van der Waals surface area contributed by atoms with E-state index in [1.165, 1.54) is 5.56 Å². The van der Waals surface area contributed by atoms with Crippen LogP contribution in [0, 0.1) is 5.92 Å². The summed E-state index contributed by atoms with van der Waals surface area (Å²) in [7, 11) is 1.68. The molecule has 2 aliphatic rings. The van der Waals surface area contributed by atoms with Crippen LogP contribution in [0.2, 0.25) is 0 Å². The highest BCUT2D eigenvalue weighted by Crippen LogP contribution is 2.35. The molecule has 5 heteroatoms. The number of nitrogens with one attached hydrogen (secondary N) is 2. The molecule has 0 spiro atoms. The Kier molecular flexibility index (Phi) is 6.16. The van der Waals surface area contributed by atoms with Gasteiger partial charge in [0, 0.05) is 36.0 Å². The highest BCUT2D eigenvalue weighted by Gasteiger charge is 2.41. The van der Waals surface area contributed by atoms with Crippen LogP contribution in [0.1, 0.15) is 37.2 Å². The largest absolute Gasteiger partial charge is 0.496 e. The first-order valence-corrected chi connectivity index (χ1v) is 10.6. The summed E-state index contributed by atoms with van der Waals surface area (Å²) in [6.07, 6.45) is 4.34. The molecule has 29 heavy (non-hydrogen) atoms. The van der Waals surface area contributed by atoms with E-state index in [1.807, 2.05) is 18.2 Å². The van der Waals surface area contributed by atoms with Gasteiger partial charge in [0.15, 0.2) is 0 Å². The molecule has 1 amide bonds. The third-order valence-electron chi connectivity index (χ3n) is 6.43. The number of rotatable bonds is 7. The number of carbonyl (C=O) groups is 1. The number of para-hydroxylation sites is 1. The summed E-state index contributed by atoms with van der Waals surface area (Å²) >= 11 is 0. The normalized spacial score (nSPS) is 24.1. The van der Waals surface area contributed by atoms with Gasteiger partial charge in [0.1, 0.15) is 5.75 Å². The lowest BCUT2D eigenvalue weighted by Crippen LogP contribution is -2.64. The van der Waals surface area contributed by atoms with Gasteiger partial charge >= 0.3 is 0 Å². The molecule has 1 aliphatic carbocycles. The average molecular weight is 395 g/mol. The minimum absolute atomic E-state index is 0.0282. The van der Waals surface area contributed by atoms with E-state index >= 15 is 0 Å². The van der Waals surface area contributed by atoms with Gasteiger partial charge in [-0.3, -0.25) is 4.79 Å². The second kappa shape index (κ2) is 8.97. The number of aliphatic hydroxyl groups excluding tert-OH is 1. The van der Waals surface area contributed by atoms with E-state index in [9.17, 15) is 9.90 Å². The van der Waals surface area contributed by atoms with Gasteiger partial charge in [0.05, 0.1) is 13.7 Å². The second-order valence-electron chi connectivity index (χ2n) is 8.14. The lowest BCUT2D eigenvalue weighted by molar-refractivity contribution is -0.125. The molecular formula is C24H30N2O3. The standard InChI is InChI=1S/C24H30N2O3/c1-29-22-9-5-4-8-19(22)16-10-12-17(13-11-16)23-20(26-21(23)15-27)14-25-24(28)18-6-2-3-7-18/h4-5,8-13,18,20-21,23,26-27H,2-3,6-7,14-15H2,1H3,(H,25,28)/t20-,21-,23-/m1/s1. The fourth-order valence-electron chi connectivity index (χ4n) is 4.77. The zero-order valence-electron chi connectivity index (χ0n) is 16.9. The second-order valence-corrected chi connectivity index (χ2v) is 8.14. The lowest BCUT2D eigenvalue weighted by atomic mass is 9.77. The van der Waals surface area contributed by atoms with Crippen LogP contribution in [-0.4, -0.2) is 43.4 Å². The van der Waals surface area contributed by atoms with Gasteiger partial charge in [-0.1, -0.05) is 55.3 Å². The SMILES string of the molecule is COc1ccccc1-c1ccc([C@H]2[C@@H](CO)N[C@@H]2CNC(=O)C2CCCC2)cc1. The van der Waals surface area contributed by atoms with Gasteiger partial charge in [-0.25, -0.2) is 0 Å². The molecule has 2 aromatic carbocycles. The maximum Gasteiger partial charge on any atom is 0.223 e. The van der Waals surface area contributed by atoms with Gasteiger partial charge in [-0.15, -0.1) is 0 Å². The Morgan fingerprint density at radius 3 is 2.52 bits per heavy atom. The molecule has 0 bridgehead atoms. The van der Waals surface area contributed by atoms with Gasteiger partial charge in [0.25, 0.3) is 0 Å². The molecule has 1 saturated carbocycles. The summed E-state index contributed by atoms with van der Waals surface area (Å²) in [6.45, 7) is 0.691. The van der Waals surface area contributed by atoms with E-state index < -0.39 is 0 Å². The molecule has 3 atom stereocenters. The van der Waals surface area contributed by atoms with Crippen LogP contribution in [-0.2, 0) is 4.79 Å². The number of aliphatic hydroxyl groups is 1. The zero-order chi connectivity index (χ0) is 20.2. The molecular weight excluding hydrogens is 364 g/mol. The summed E-state index contributed by atoms with van der Waals surface area (Å²) < 4.78 is 5.47. The number of methoxy groups -OCH3 is 1. The predicted octanol–water partition coefficient (Wildman–Crippen LogP) is 3.08. The topological polar surface area (TPSA) is 70.6 Å². The number of hydrogen-bond acceptors (Lipinski definition) is 4. The maximum absolute atomic E-state index is 12.3. The smallest absolute Gasteiger partial charge is 0.223 e. The summed E-state index contributed by atoms with van der Waals surface area (Å²) in [5.74, 6) is 1.41. The summed E-state index contributed by atoms with van der Waals surface area (Å²) in [6, 6.07) is 16.6. The monoisotopic (exact) mass is 394 g/mol. The molecule has 0 radical (unpaired) electrons. The van der Waals surface area contributed by atoms with Crippen molar-refractivity contribution >= 4 is 5.91 Å². The Bertz CT molecular complexity index is 830. The van der Waals surface area contributed by atoms with E-state index in [1.54, 1.807) is 7.11 Å². The molecule has 1 aliphatic heterocycles. The van der Waals surface area contributed by atoms with Crippen molar-refractivity contribution in [3.8, 4) is 16.9 Å². The zero-order valence-corrected chi connectivity index (χ0v) is 16.9. The first kappa shape index (κ1) is 19.9. The Morgan fingerprint density at radius 2 is 1.83 bits per heavy atom. The van der Waals surface area contributed by atoms with Crippen LogP contribution in [0.4, 0.5) is 0 Å². The van der Waals surface area contributed by atoms with Crippen molar-refractivity contribution in [3.63, 3.8) is 0 Å². The van der Waals surface area contributed by atoms with Crippen LogP contribution in [0.25, 0.3) is 11.1 Å². The van der Waals surface area contributed by atoms with Crippen molar-refractivity contribution < 1.29 is 14.6 Å². The Hall–Kier alpha value is -2.37.